The molecule has 160 valence electrons. The van der Waals surface area contributed by atoms with Crippen LogP contribution in [0.5, 0.6) is 0 Å². The summed E-state index contributed by atoms with van der Waals surface area (Å²) in [6, 6.07) is 10.2. The summed E-state index contributed by atoms with van der Waals surface area (Å²) in [4.78, 5) is 24.9. The number of nitrogens with one attached hydrogen (secondary N) is 1. The third-order valence-corrected chi connectivity index (χ3v) is 5.24. The third-order valence-electron chi connectivity index (χ3n) is 5.24. The molecule has 1 amide bonds. The number of nitro groups is 1. The fraction of sp³-hybridized carbons (Fsp3) is 0.381. The van der Waals surface area contributed by atoms with E-state index >= 15 is 0 Å². The van der Waals surface area contributed by atoms with E-state index in [4.69, 9.17) is 0 Å². The standard InChI is InChI=1S/C21H22F3N3O3/c1-14(28)25-19(15-7-3-2-4-8-15)20(26-11-5-6-12-26)17-10-9-16(21(22,23)24)13-18(17)27(29)30/h2-4,7-10,13,19-20H,5-6,11-12H2,1H3,(H,25,28)/t19-,20?/m0/s1. The van der Waals surface area contributed by atoms with Crippen molar-refractivity contribution in [2.24, 2.45) is 0 Å². The van der Waals surface area contributed by atoms with Crippen LogP contribution in [0.3, 0.4) is 0 Å². The zero-order valence-corrected chi connectivity index (χ0v) is 16.4. The average Bonchev–Trinajstić information content (AvgIpc) is 3.21. The van der Waals surface area contributed by atoms with Gasteiger partial charge >= 0.3 is 6.18 Å². The predicted molar refractivity (Wildman–Crippen MR) is 105 cm³/mol. The third kappa shape index (κ3) is 4.79. The van der Waals surface area contributed by atoms with Crippen molar-refractivity contribution in [1.29, 1.82) is 0 Å². The number of nitrogens with zero attached hydrogens (tertiary/aromatic N) is 2. The molecule has 6 nitrogen and oxygen atoms in total. The lowest BCUT2D eigenvalue weighted by Crippen LogP contribution is -2.39. The van der Waals surface area contributed by atoms with Crippen LogP contribution in [-0.4, -0.2) is 28.8 Å². The number of likely N-dealkylation sites (tertiary alicyclic amines) is 1. The van der Waals surface area contributed by atoms with Gasteiger partial charge in [0.1, 0.15) is 0 Å². The lowest BCUT2D eigenvalue weighted by Gasteiger charge is -2.35. The Balaban J connectivity index is 2.18. The highest BCUT2D eigenvalue weighted by molar-refractivity contribution is 5.73. The van der Waals surface area contributed by atoms with Crippen LogP contribution >= 0.6 is 0 Å². The van der Waals surface area contributed by atoms with Gasteiger partial charge in [0.05, 0.1) is 22.6 Å². The zero-order valence-electron chi connectivity index (χ0n) is 16.4. The van der Waals surface area contributed by atoms with Crippen LogP contribution in [-0.2, 0) is 11.0 Å². The van der Waals surface area contributed by atoms with E-state index in [1.807, 2.05) is 4.90 Å². The summed E-state index contributed by atoms with van der Waals surface area (Å²) in [6.45, 7) is 2.61. The van der Waals surface area contributed by atoms with Crippen LogP contribution in [0.15, 0.2) is 48.5 Å². The number of nitro benzene ring substituents is 1. The van der Waals surface area contributed by atoms with Crippen molar-refractivity contribution in [2.75, 3.05) is 13.1 Å². The first-order valence-electron chi connectivity index (χ1n) is 9.60. The molecule has 1 aliphatic rings. The number of benzene rings is 2. The monoisotopic (exact) mass is 421 g/mol. The number of halogens is 3. The molecule has 0 saturated carbocycles. The van der Waals surface area contributed by atoms with Crippen molar-refractivity contribution in [3.05, 3.63) is 75.3 Å². The molecule has 0 spiro atoms. The van der Waals surface area contributed by atoms with Crippen molar-refractivity contribution >= 4 is 11.6 Å². The van der Waals surface area contributed by atoms with Crippen LogP contribution < -0.4 is 5.32 Å². The molecule has 0 bridgehead atoms. The topological polar surface area (TPSA) is 75.5 Å². The van der Waals surface area contributed by atoms with Gasteiger partial charge in [0, 0.05) is 18.6 Å². The fourth-order valence-corrected chi connectivity index (χ4v) is 3.96. The first kappa shape index (κ1) is 21.8. The van der Waals surface area contributed by atoms with Gasteiger partial charge in [0.15, 0.2) is 0 Å². The molecule has 3 rings (SSSR count). The highest BCUT2D eigenvalue weighted by Crippen LogP contribution is 2.42. The molecule has 2 atom stereocenters. The van der Waals surface area contributed by atoms with Gasteiger partial charge in [0.2, 0.25) is 5.91 Å². The molecule has 30 heavy (non-hydrogen) atoms. The van der Waals surface area contributed by atoms with Crippen LogP contribution in [0.1, 0.15) is 48.5 Å². The quantitative estimate of drug-likeness (QED) is 0.545. The second-order valence-corrected chi connectivity index (χ2v) is 7.31. The zero-order chi connectivity index (χ0) is 21.9. The molecule has 2 aromatic carbocycles. The molecule has 1 aliphatic heterocycles. The Hall–Kier alpha value is -2.94. The number of alkyl halides is 3. The van der Waals surface area contributed by atoms with Gasteiger partial charge in [-0.3, -0.25) is 19.8 Å². The van der Waals surface area contributed by atoms with E-state index in [1.165, 1.54) is 13.0 Å². The van der Waals surface area contributed by atoms with Crippen LogP contribution in [0.4, 0.5) is 18.9 Å². The van der Waals surface area contributed by atoms with Gasteiger partial charge in [-0.15, -0.1) is 0 Å². The molecule has 1 fully saturated rings. The fourth-order valence-electron chi connectivity index (χ4n) is 3.96. The summed E-state index contributed by atoms with van der Waals surface area (Å²) in [5.74, 6) is -0.331. The van der Waals surface area contributed by atoms with Gasteiger partial charge < -0.3 is 5.32 Å². The van der Waals surface area contributed by atoms with Crippen LogP contribution in [0.2, 0.25) is 0 Å². The Kier molecular flexibility index (Phi) is 6.40. The van der Waals surface area contributed by atoms with E-state index in [0.29, 0.717) is 19.2 Å². The van der Waals surface area contributed by atoms with Crippen molar-refractivity contribution in [2.45, 2.75) is 38.0 Å². The second-order valence-electron chi connectivity index (χ2n) is 7.31. The molecule has 1 unspecified atom stereocenters. The molecule has 0 aromatic heterocycles. The van der Waals surface area contributed by atoms with E-state index in [1.54, 1.807) is 30.3 Å². The van der Waals surface area contributed by atoms with Gasteiger partial charge in [-0.25, -0.2) is 0 Å². The molecule has 1 N–H and O–H groups in total. The van der Waals surface area contributed by atoms with Crippen molar-refractivity contribution in [3.63, 3.8) is 0 Å². The molecule has 9 heteroatoms. The Bertz CT molecular complexity index is 913. The summed E-state index contributed by atoms with van der Waals surface area (Å²) in [5.41, 5.74) is -0.807. The van der Waals surface area contributed by atoms with Crippen molar-refractivity contribution in [3.8, 4) is 0 Å². The number of hydrogen-bond donors (Lipinski definition) is 1. The minimum atomic E-state index is -4.69. The average molecular weight is 421 g/mol. The molecular formula is C21H22F3N3O3. The first-order valence-corrected chi connectivity index (χ1v) is 9.60. The van der Waals surface area contributed by atoms with Gasteiger partial charge in [-0.2, -0.15) is 13.2 Å². The highest BCUT2D eigenvalue weighted by Gasteiger charge is 2.39. The largest absolute Gasteiger partial charge is 0.416 e. The second kappa shape index (κ2) is 8.83. The van der Waals surface area contributed by atoms with Gasteiger partial charge in [-0.1, -0.05) is 30.3 Å². The van der Waals surface area contributed by atoms with Crippen LogP contribution in [0.25, 0.3) is 0 Å². The number of amides is 1. The number of carbonyl (C=O) groups excluding carboxylic acids is 1. The van der Waals surface area contributed by atoms with Gasteiger partial charge in [0.25, 0.3) is 5.69 Å². The maximum Gasteiger partial charge on any atom is 0.416 e. The number of rotatable bonds is 6. The van der Waals surface area contributed by atoms with Gasteiger partial charge in [-0.05, 0) is 43.6 Å². The summed E-state index contributed by atoms with van der Waals surface area (Å²) in [6.07, 6.45) is -2.96. The molecule has 1 heterocycles. The lowest BCUT2D eigenvalue weighted by molar-refractivity contribution is -0.386. The molecule has 0 radical (unpaired) electrons. The Morgan fingerprint density at radius 2 is 1.77 bits per heavy atom. The normalized spacial score (nSPS) is 16.8. The summed E-state index contributed by atoms with van der Waals surface area (Å²) >= 11 is 0. The smallest absolute Gasteiger partial charge is 0.348 e. The van der Waals surface area contributed by atoms with E-state index in [-0.39, 0.29) is 11.5 Å². The van der Waals surface area contributed by atoms with E-state index < -0.39 is 34.4 Å². The van der Waals surface area contributed by atoms with Crippen molar-refractivity contribution < 1.29 is 22.9 Å². The molecule has 2 aromatic rings. The Labute approximate surface area is 171 Å². The Morgan fingerprint density at radius 3 is 2.30 bits per heavy atom. The maximum atomic E-state index is 13.2. The predicted octanol–water partition coefficient (Wildman–Crippen LogP) is 4.63. The molecule has 1 saturated heterocycles. The highest BCUT2D eigenvalue weighted by atomic mass is 19.4. The van der Waals surface area contributed by atoms with E-state index in [0.717, 1.165) is 24.5 Å². The molecule has 0 aliphatic carbocycles. The first-order chi connectivity index (χ1) is 14.2. The Morgan fingerprint density at radius 1 is 1.13 bits per heavy atom. The SMILES string of the molecule is CC(=O)N[C@@H](c1ccccc1)C(c1ccc(C(F)(F)F)cc1[N+](=O)[O-])N1CCCC1. The maximum absolute atomic E-state index is 13.2. The minimum Gasteiger partial charge on any atom is -0.348 e. The van der Waals surface area contributed by atoms with E-state index in [9.17, 15) is 28.1 Å². The van der Waals surface area contributed by atoms with Crippen LogP contribution in [0, 0.1) is 10.1 Å². The molecular weight excluding hydrogens is 399 g/mol. The van der Waals surface area contributed by atoms with E-state index in [2.05, 4.69) is 5.32 Å². The lowest BCUT2D eigenvalue weighted by atomic mass is 9.90. The number of hydrogen-bond acceptors (Lipinski definition) is 4. The summed E-state index contributed by atoms with van der Waals surface area (Å²) < 4.78 is 39.5. The van der Waals surface area contributed by atoms with Crippen molar-refractivity contribution in [1.82, 2.24) is 10.2 Å². The summed E-state index contributed by atoms with van der Waals surface area (Å²) in [7, 11) is 0. The number of carbonyl (C=O) groups is 1. The minimum absolute atomic E-state index is 0.150. The summed E-state index contributed by atoms with van der Waals surface area (Å²) in [5, 5.41) is 14.6.